The van der Waals surface area contributed by atoms with Gasteiger partial charge in [-0.3, -0.25) is 10.1 Å². The van der Waals surface area contributed by atoms with E-state index >= 15 is 0 Å². The van der Waals surface area contributed by atoms with Crippen molar-refractivity contribution in [2.24, 2.45) is 0 Å². The van der Waals surface area contributed by atoms with Crippen LogP contribution in [-0.4, -0.2) is 37.9 Å². The van der Waals surface area contributed by atoms with Gasteiger partial charge in [0.1, 0.15) is 10.8 Å². The highest BCUT2D eigenvalue weighted by Crippen LogP contribution is 2.25. The smallest absolute Gasteiger partial charge is 0.261 e. The lowest BCUT2D eigenvalue weighted by Crippen LogP contribution is -2.39. The molecule has 0 radical (unpaired) electrons. The largest absolute Gasteiger partial charge is 0.496 e. The lowest BCUT2D eigenvalue weighted by molar-refractivity contribution is 0.0973. The first-order chi connectivity index (χ1) is 14.9. The quantitative estimate of drug-likeness (QED) is 0.428. The summed E-state index contributed by atoms with van der Waals surface area (Å²) in [5, 5.41) is 19.8. The maximum absolute atomic E-state index is 12.5. The van der Waals surface area contributed by atoms with Gasteiger partial charge in [-0.2, -0.15) is 9.61 Å². The highest BCUT2D eigenvalue weighted by Gasteiger charge is 2.14. The fourth-order valence-electron chi connectivity index (χ4n) is 2.85. The molecule has 4 rings (SSSR count). The van der Waals surface area contributed by atoms with E-state index in [-0.39, 0.29) is 5.11 Å². The molecule has 11 heteroatoms. The van der Waals surface area contributed by atoms with E-state index in [2.05, 4.69) is 25.9 Å². The van der Waals surface area contributed by atoms with Gasteiger partial charge in [-0.15, -0.1) is 10.2 Å². The summed E-state index contributed by atoms with van der Waals surface area (Å²) in [6.07, 6.45) is 0. The van der Waals surface area contributed by atoms with E-state index in [0.29, 0.717) is 22.9 Å². The van der Waals surface area contributed by atoms with Crippen molar-refractivity contribution in [3.05, 3.63) is 64.4 Å². The summed E-state index contributed by atoms with van der Waals surface area (Å²) in [5.41, 5.74) is 2.30. The Labute approximate surface area is 192 Å². The minimum absolute atomic E-state index is 0.209. The minimum Gasteiger partial charge on any atom is -0.496 e. The molecule has 31 heavy (non-hydrogen) atoms. The van der Waals surface area contributed by atoms with Crippen molar-refractivity contribution in [1.29, 1.82) is 0 Å². The van der Waals surface area contributed by atoms with Gasteiger partial charge in [0, 0.05) is 17.1 Å². The number of fused-ring (bicyclic) bond motifs is 1. The molecule has 1 amide bonds. The van der Waals surface area contributed by atoms with Crippen molar-refractivity contribution in [2.75, 3.05) is 7.11 Å². The van der Waals surface area contributed by atoms with Crippen LogP contribution in [0.3, 0.4) is 0 Å². The molecule has 0 atom stereocenters. The van der Waals surface area contributed by atoms with Crippen LogP contribution < -0.4 is 15.4 Å². The zero-order valence-electron chi connectivity index (χ0n) is 16.5. The van der Waals surface area contributed by atoms with Crippen LogP contribution in [0.15, 0.2) is 42.5 Å². The van der Waals surface area contributed by atoms with Gasteiger partial charge in [0.15, 0.2) is 10.9 Å². The molecule has 0 aliphatic heterocycles. The Kier molecular flexibility index (Phi) is 6.12. The fraction of sp³-hybridized carbons (Fsp3) is 0.150. The van der Waals surface area contributed by atoms with Gasteiger partial charge < -0.3 is 10.1 Å². The third-order valence-electron chi connectivity index (χ3n) is 4.43. The number of nitrogens with one attached hydrogen (secondary N) is 2. The average molecular weight is 473 g/mol. The van der Waals surface area contributed by atoms with Crippen LogP contribution >= 0.6 is 35.2 Å². The molecule has 0 unspecified atom stereocenters. The first kappa shape index (κ1) is 21.2. The number of aromatic nitrogens is 4. The number of benzene rings is 2. The number of carbonyl (C=O) groups is 1. The van der Waals surface area contributed by atoms with E-state index in [1.54, 1.807) is 16.6 Å². The Morgan fingerprint density at radius 3 is 2.71 bits per heavy atom. The van der Waals surface area contributed by atoms with Crippen LogP contribution in [0.2, 0.25) is 5.02 Å². The Morgan fingerprint density at radius 2 is 2.00 bits per heavy atom. The summed E-state index contributed by atoms with van der Waals surface area (Å²) in [4.78, 5) is 13.2. The first-order valence-corrected chi connectivity index (χ1v) is 10.8. The van der Waals surface area contributed by atoms with E-state index in [1.165, 1.54) is 24.5 Å². The molecule has 2 N–H and O–H groups in total. The number of methoxy groups -OCH3 is 1. The van der Waals surface area contributed by atoms with Crippen LogP contribution in [0, 0.1) is 6.92 Å². The van der Waals surface area contributed by atoms with Crippen LogP contribution in [0.4, 0.5) is 0 Å². The summed E-state index contributed by atoms with van der Waals surface area (Å²) in [6, 6.07) is 12.7. The molecule has 0 aliphatic carbocycles. The standard InChI is InChI=1S/C20H17ClN6O2S2/c1-11-24-25-20-27(11)26-18(31-20)13-5-3-12(4-6-13)10-22-19(30)23-17(28)15-9-14(21)7-8-16(15)29-2/h3-9H,10H2,1-2H3,(H2,22,23,28,30). The second-order valence-electron chi connectivity index (χ2n) is 6.53. The van der Waals surface area contributed by atoms with Gasteiger partial charge in [0.05, 0.1) is 12.7 Å². The predicted octanol–water partition coefficient (Wildman–Crippen LogP) is 3.63. The molecule has 2 heterocycles. The number of ether oxygens (including phenoxy) is 1. The van der Waals surface area contributed by atoms with Gasteiger partial charge in [-0.1, -0.05) is 47.2 Å². The maximum Gasteiger partial charge on any atom is 0.261 e. The average Bonchev–Trinajstić information content (AvgIpc) is 3.34. The number of rotatable bonds is 5. The lowest BCUT2D eigenvalue weighted by atomic mass is 10.1. The van der Waals surface area contributed by atoms with Crippen molar-refractivity contribution >= 4 is 51.1 Å². The summed E-state index contributed by atoms with van der Waals surface area (Å²) in [7, 11) is 1.49. The number of nitrogens with zero attached hydrogens (tertiary/aromatic N) is 4. The summed E-state index contributed by atoms with van der Waals surface area (Å²) in [5.74, 6) is 0.774. The normalized spacial score (nSPS) is 10.8. The molecule has 0 saturated heterocycles. The third kappa shape index (κ3) is 4.66. The predicted molar refractivity (Wildman–Crippen MR) is 124 cm³/mol. The lowest BCUT2D eigenvalue weighted by Gasteiger charge is -2.12. The number of aryl methyl sites for hydroxylation is 1. The van der Waals surface area contributed by atoms with E-state index in [0.717, 1.165) is 26.9 Å². The molecule has 0 spiro atoms. The number of carbonyl (C=O) groups excluding carboxylic acids is 1. The molecule has 0 saturated carbocycles. The summed E-state index contributed by atoms with van der Waals surface area (Å²) in [6.45, 7) is 2.32. The summed E-state index contributed by atoms with van der Waals surface area (Å²) >= 11 is 12.7. The van der Waals surface area contributed by atoms with E-state index in [4.69, 9.17) is 28.6 Å². The molecule has 0 bridgehead atoms. The number of amides is 1. The van der Waals surface area contributed by atoms with Crippen molar-refractivity contribution < 1.29 is 9.53 Å². The molecule has 2 aromatic heterocycles. The molecule has 0 fully saturated rings. The molecule has 0 aliphatic rings. The van der Waals surface area contributed by atoms with Gasteiger partial charge in [-0.05, 0) is 42.9 Å². The van der Waals surface area contributed by atoms with Crippen LogP contribution in [0.1, 0.15) is 21.7 Å². The van der Waals surface area contributed by atoms with Gasteiger partial charge in [0.2, 0.25) is 4.96 Å². The van der Waals surface area contributed by atoms with Gasteiger partial charge in [-0.25, -0.2) is 0 Å². The minimum atomic E-state index is -0.397. The van der Waals surface area contributed by atoms with Crippen molar-refractivity contribution in [3.8, 4) is 16.3 Å². The zero-order chi connectivity index (χ0) is 22.0. The zero-order valence-corrected chi connectivity index (χ0v) is 18.9. The number of halogens is 1. The Hall–Kier alpha value is -3.08. The molecule has 158 valence electrons. The highest BCUT2D eigenvalue weighted by molar-refractivity contribution is 7.80. The van der Waals surface area contributed by atoms with Crippen molar-refractivity contribution in [2.45, 2.75) is 13.5 Å². The topological polar surface area (TPSA) is 93.4 Å². The fourth-order valence-corrected chi connectivity index (χ4v) is 4.08. The van der Waals surface area contributed by atoms with Gasteiger partial charge in [0.25, 0.3) is 5.91 Å². The molecule has 4 aromatic rings. The molecule has 2 aromatic carbocycles. The second-order valence-corrected chi connectivity index (χ2v) is 8.33. The maximum atomic E-state index is 12.5. The SMILES string of the molecule is COc1ccc(Cl)cc1C(=O)NC(=S)NCc1ccc(-c2nn3c(C)nnc3s2)cc1. The second kappa shape index (κ2) is 8.96. The number of hydrogen-bond donors (Lipinski definition) is 2. The van der Waals surface area contributed by atoms with Crippen molar-refractivity contribution in [1.82, 2.24) is 30.4 Å². The monoisotopic (exact) mass is 472 g/mol. The van der Waals surface area contributed by atoms with Crippen LogP contribution in [-0.2, 0) is 6.54 Å². The number of thiocarbonyl (C=S) groups is 1. The third-order valence-corrected chi connectivity index (χ3v) is 5.86. The van der Waals surface area contributed by atoms with Crippen LogP contribution in [0.5, 0.6) is 5.75 Å². The van der Waals surface area contributed by atoms with E-state index < -0.39 is 5.91 Å². The molecular formula is C20H17ClN6O2S2. The Balaban J connectivity index is 1.36. The Bertz CT molecular complexity index is 1270. The molecule has 8 nitrogen and oxygen atoms in total. The van der Waals surface area contributed by atoms with Gasteiger partial charge >= 0.3 is 0 Å². The number of hydrogen-bond acceptors (Lipinski definition) is 7. The van der Waals surface area contributed by atoms with E-state index in [9.17, 15) is 4.79 Å². The van der Waals surface area contributed by atoms with E-state index in [1.807, 2.05) is 31.2 Å². The Morgan fingerprint density at radius 1 is 1.23 bits per heavy atom. The molecular weight excluding hydrogens is 456 g/mol. The first-order valence-electron chi connectivity index (χ1n) is 9.15. The highest BCUT2D eigenvalue weighted by atomic mass is 35.5. The van der Waals surface area contributed by atoms with Crippen molar-refractivity contribution in [3.63, 3.8) is 0 Å². The van der Waals surface area contributed by atoms with Crippen LogP contribution in [0.25, 0.3) is 15.5 Å². The summed E-state index contributed by atoms with van der Waals surface area (Å²) < 4.78 is 6.93.